The summed E-state index contributed by atoms with van der Waals surface area (Å²) in [5.41, 5.74) is 0.742. The van der Waals surface area contributed by atoms with Gasteiger partial charge in [-0.2, -0.15) is 0 Å². The average Bonchev–Trinajstić information content (AvgIpc) is 3.29. The number of hydrogen-bond acceptors (Lipinski definition) is 9. The van der Waals surface area contributed by atoms with Crippen LogP contribution in [-0.2, 0) is 20.9 Å². The number of aromatic nitrogens is 1. The number of nitrogens with zero attached hydrogens (tertiary/aromatic N) is 2. The molecule has 0 unspecified atom stereocenters. The normalized spacial score (nSPS) is 12.7. The summed E-state index contributed by atoms with van der Waals surface area (Å²) in [6.45, 7) is 4.03. The highest BCUT2D eigenvalue weighted by Crippen LogP contribution is 2.18. The Hall–Kier alpha value is -1.49. The molecule has 10 heteroatoms. The zero-order valence-electron chi connectivity index (χ0n) is 21.1. The number of nitrogens with one attached hydrogen (secondary N) is 1. The van der Waals surface area contributed by atoms with Gasteiger partial charge in [0.15, 0.2) is 5.12 Å². The second kappa shape index (κ2) is 19.7. The molecule has 0 aliphatic heterocycles. The van der Waals surface area contributed by atoms with Crippen LogP contribution in [0.25, 0.3) is 0 Å². The van der Waals surface area contributed by atoms with Crippen LogP contribution in [0.15, 0.2) is 22.5 Å². The van der Waals surface area contributed by atoms with E-state index in [1.165, 1.54) is 54.1 Å². The highest BCUT2D eigenvalue weighted by molar-refractivity contribution is 8.14. The number of Topliss-reactive ketones (excluding diaryl/α,β-unsaturated/α-hetero) is 1. The third-order valence-electron chi connectivity index (χ3n) is 4.89. The molecule has 0 fully saturated rings. The van der Waals surface area contributed by atoms with Crippen LogP contribution in [0.3, 0.4) is 0 Å². The monoisotopic (exact) mass is 541 g/mol. The van der Waals surface area contributed by atoms with Gasteiger partial charge in [-0.15, -0.1) is 23.1 Å². The molecule has 0 bridgehead atoms. The molecular formula is C25H39N3O4S3. The second-order valence-electron chi connectivity index (χ2n) is 8.11. The predicted molar refractivity (Wildman–Crippen MR) is 149 cm³/mol. The van der Waals surface area contributed by atoms with Gasteiger partial charge in [0.25, 0.3) is 0 Å². The van der Waals surface area contributed by atoms with Crippen LogP contribution in [0, 0.1) is 0 Å². The molecule has 0 aliphatic carbocycles. The van der Waals surface area contributed by atoms with Gasteiger partial charge in [0.05, 0.1) is 19.1 Å². The zero-order valence-corrected chi connectivity index (χ0v) is 23.5. The van der Waals surface area contributed by atoms with E-state index < -0.39 is 6.10 Å². The predicted octanol–water partition coefficient (Wildman–Crippen LogP) is 5.17. The molecule has 0 aromatic carbocycles. The van der Waals surface area contributed by atoms with E-state index in [1.807, 2.05) is 11.5 Å². The lowest BCUT2D eigenvalue weighted by atomic mass is 10.1. The molecule has 1 aromatic heterocycles. The Balaban J connectivity index is 2.23. The fourth-order valence-corrected chi connectivity index (χ4v) is 5.51. The van der Waals surface area contributed by atoms with E-state index in [1.54, 1.807) is 20.0 Å². The van der Waals surface area contributed by atoms with Crippen molar-refractivity contribution in [2.75, 3.05) is 18.6 Å². The molecule has 2 N–H and O–H groups in total. The van der Waals surface area contributed by atoms with Gasteiger partial charge in [-0.25, -0.2) is 4.98 Å². The van der Waals surface area contributed by atoms with Crippen LogP contribution in [0.1, 0.15) is 82.3 Å². The van der Waals surface area contributed by atoms with Gasteiger partial charge >= 0.3 is 0 Å². The fourth-order valence-electron chi connectivity index (χ4n) is 2.98. The Bertz CT molecular complexity index is 840. The summed E-state index contributed by atoms with van der Waals surface area (Å²) in [5, 5.41) is 16.5. The van der Waals surface area contributed by atoms with Crippen LogP contribution in [0.5, 0.6) is 0 Å². The van der Waals surface area contributed by atoms with E-state index in [-0.39, 0.29) is 29.8 Å². The van der Waals surface area contributed by atoms with E-state index >= 15 is 0 Å². The van der Waals surface area contributed by atoms with E-state index in [0.717, 1.165) is 28.6 Å². The minimum absolute atomic E-state index is 0.0267. The fraction of sp³-hybridized carbons (Fsp3) is 0.640. The lowest BCUT2D eigenvalue weighted by Gasteiger charge is -2.06. The van der Waals surface area contributed by atoms with Crippen LogP contribution < -0.4 is 5.32 Å². The standard InChI is InChI=1S/C25H39N3O4S3/c1-4-5-6-7-8-12-24(32)33-14-10-9-11-20(30)16-22(31)27-17-23-28-21(18-35-23)25(26-3)34-15-13-19(2)29/h9,11,18,20,30H,4-8,10,12-17H2,1-3H3,(H,27,31)/b11-9+,26-25-/t20-/m1/s1. The van der Waals surface area contributed by atoms with Crippen LogP contribution in [0.4, 0.5) is 0 Å². The Morgan fingerprint density at radius 1 is 1.17 bits per heavy atom. The number of thiazole rings is 1. The number of hydrogen-bond donors (Lipinski definition) is 2. The SMILES string of the molecule is CCCCCCCC(=O)SCC/C=C/[C@@H](O)CC(=O)NCc1nc(/C(=N/C)SCCC(C)=O)cs1. The Morgan fingerprint density at radius 2 is 1.94 bits per heavy atom. The summed E-state index contributed by atoms with van der Waals surface area (Å²) < 4.78 is 0. The number of aliphatic imine (C=N–C) groups is 1. The maximum atomic E-state index is 12.1. The van der Waals surface area contributed by atoms with Crippen LogP contribution >= 0.6 is 34.9 Å². The topological polar surface area (TPSA) is 109 Å². The molecule has 1 amide bonds. The maximum Gasteiger partial charge on any atom is 0.223 e. The molecule has 0 saturated heterocycles. The number of ketones is 1. The van der Waals surface area contributed by atoms with Crippen molar-refractivity contribution in [2.24, 2.45) is 4.99 Å². The Labute approximate surface area is 222 Å². The lowest BCUT2D eigenvalue weighted by molar-refractivity contribution is -0.122. The van der Waals surface area contributed by atoms with Crippen LogP contribution in [0.2, 0.25) is 0 Å². The third kappa shape index (κ3) is 16.0. The van der Waals surface area contributed by atoms with Gasteiger partial charge in [0, 0.05) is 36.8 Å². The first-order chi connectivity index (χ1) is 16.8. The molecule has 196 valence electrons. The minimum atomic E-state index is -0.863. The molecule has 0 saturated carbocycles. The molecular weight excluding hydrogens is 502 g/mol. The number of carbonyl (C=O) groups excluding carboxylic acids is 3. The molecule has 0 spiro atoms. The van der Waals surface area contributed by atoms with Gasteiger partial charge in [-0.1, -0.05) is 56.5 Å². The summed E-state index contributed by atoms with van der Waals surface area (Å²) in [6, 6.07) is 0. The first-order valence-corrected chi connectivity index (χ1v) is 15.0. The highest BCUT2D eigenvalue weighted by atomic mass is 32.2. The highest BCUT2D eigenvalue weighted by Gasteiger charge is 2.12. The number of allylic oxidation sites excluding steroid dienone is 1. The summed E-state index contributed by atoms with van der Waals surface area (Å²) in [7, 11) is 1.69. The molecule has 1 heterocycles. The van der Waals surface area contributed by atoms with Crippen molar-refractivity contribution >= 4 is 56.7 Å². The zero-order chi connectivity index (χ0) is 25.9. The molecule has 1 atom stereocenters. The lowest BCUT2D eigenvalue weighted by Crippen LogP contribution is -2.26. The Morgan fingerprint density at radius 3 is 2.66 bits per heavy atom. The molecule has 0 radical (unpaired) electrons. The number of amides is 1. The second-order valence-corrected chi connectivity index (χ2v) is 11.3. The van der Waals surface area contributed by atoms with Crippen molar-refractivity contribution in [2.45, 2.75) is 84.3 Å². The van der Waals surface area contributed by atoms with Gasteiger partial charge in [-0.05, 0) is 19.8 Å². The van der Waals surface area contributed by atoms with Crippen molar-refractivity contribution in [1.29, 1.82) is 0 Å². The summed E-state index contributed by atoms with van der Waals surface area (Å²) in [4.78, 5) is 43.8. The number of rotatable bonds is 18. The van der Waals surface area contributed by atoms with Gasteiger partial charge in [-0.3, -0.25) is 19.4 Å². The molecule has 35 heavy (non-hydrogen) atoms. The Kier molecular flexibility index (Phi) is 17.7. The van der Waals surface area contributed by atoms with E-state index in [4.69, 9.17) is 0 Å². The van der Waals surface area contributed by atoms with E-state index in [9.17, 15) is 19.5 Å². The van der Waals surface area contributed by atoms with Crippen molar-refractivity contribution in [3.05, 3.63) is 28.2 Å². The number of unbranched alkanes of at least 4 members (excludes halogenated alkanes) is 4. The van der Waals surface area contributed by atoms with Crippen molar-refractivity contribution < 1.29 is 19.5 Å². The van der Waals surface area contributed by atoms with Gasteiger partial charge in [0.1, 0.15) is 21.5 Å². The van der Waals surface area contributed by atoms with Gasteiger partial charge < -0.3 is 10.4 Å². The number of thioether (sulfide) groups is 2. The van der Waals surface area contributed by atoms with Crippen molar-refractivity contribution in [3.63, 3.8) is 0 Å². The number of aliphatic hydroxyl groups is 1. The number of aliphatic hydroxyl groups excluding tert-OH is 1. The summed E-state index contributed by atoms with van der Waals surface area (Å²) in [6.07, 6.45) is 10.1. The average molecular weight is 542 g/mol. The third-order valence-corrected chi connectivity index (χ3v) is 7.78. The van der Waals surface area contributed by atoms with Crippen molar-refractivity contribution in [3.8, 4) is 0 Å². The molecule has 1 rings (SSSR count). The van der Waals surface area contributed by atoms with E-state index in [2.05, 4.69) is 22.2 Å². The van der Waals surface area contributed by atoms with Crippen molar-refractivity contribution in [1.82, 2.24) is 10.3 Å². The minimum Gasteiger partial charge on any atom is -0.389 e. The summed E-state index contributed by atoms with van der Waals surface area (Å²) in [5.74, 6) is 1.23. The smallest absolute Gasteiger partial charge is 0.223 e. The molecule has 0 aliphatic rings. The van der Waals surface area contributed by atoms with E-state index in [0.29, 0.717) is 30.8 Å². The first-order valence-electron chi connectivity index (χ1n) is 12.2. The molecule has 7 nitrogen and oxygen atoms in total. The van der Waals surface area contributed by atoms with Crippen LogP contribution in [-0.4, -0.2) is 56.6 Å². The van der Waals surface area contributed by atoms with Gasteiger partial charge in [0.2, 0.25) is 5.91 Å². The number of carbonyl (C=O) groups is 3. The largest absolute Gasteiger partial charge is 0.389 e. The quantitative estimate of drug-likeness (QED) is 0.114. The first kappa shape index (κ1) is 31.5. The summed E-state index contributed by atoms with van der Waals surface area (Å²) >= 11 is 4.26. The molecule has 1 aromatic rings. The maximum absolute atomic E-state index is 12.1.